The van der Waals surface area contributed by atoms with Crippen LogP contribution in [0.4, 0.5) is 14.9 Å². The summed E-state index contributed by atoms with van der Waals surface area (Å²) in [6, 6.07) is 1.60. The van der Waals surface area contributed by atoms with Gasteiger partial charge in [-0.3, -0.25) is 0 Å². The number of hydrogen-bond acceptors (Lipinski definition) is 4. The molecule has 0 saturated heterocycles. The lowest BCUT2D eigenvalue weighted by Gasteiger charge is -2.14. The van der Waals surface area contributed by atoms with E-state index in [4.69, 9.17) is 14.9 Å². The number of benzene rings is 1. The maximum absolute atomic E-state index is 13.5. The summed E-state index contributed by atoms with van der Waals surface area (Å²) in [6.07, 6.45) is -0.149. The molecule has 20 heavy (non-hydrogen) atoms. The van der Waals surface area contributed by atoms with Gasteiger partial charge in [-0.2, -0.15) is 0 Å². The van der Waals surface area contributed by atoms with Gasteiger partial charge in [-0.25, -0.2) is 14.0 Å². The van der Waals surface area contributed by atoms with Crippen LogP contribution in [0.5, 0.6) is 5.75 Å². The molecule has 0 unspecified atom stereocenters. The molecule has 1 rings (SSSR count). The van der Waals surface area contributed by atoms with Crippen LogP contribution in [0.2, 0.25) is 0 Å². The van der Waals surface area contributed by atoms with Crippen molar-refractivity contribution in [2.45, 2.75) is 12.5 Å². The highest BCUT2D eigenvalue weighted by Crippen LogP contribution is 2.20. The molecule has 0 radical (unpaired) electrons. The number of aliphatic hydroxyl groups excluding tert-OH is 1. The Hall–Kier alpha value is -2.35. The zero-order valence-electron chi connectivity index (χ0n) is 10.7. The number of nitrogens with one attached hydrogen (secondary N) is 2. The number of carbonyl (C=O) groups is 2. The monoisotopic (exact) mass is 286 g/mol. The smallest absolute Gasteiger partial charge is 0.326 e. The highest BCUT2D eigenvalue weighted by molar-refractivity contribution is 5.92. The Labute approximate surface area is 114 Å². The number of rotatable bonds is 6. The number of ether oxygens (including phenoxy) is 1. The Morgan fingerprint density at radius 1 is 1.45 bits per heavy atom. The average Bonchev–Trinajstić information content (AvgIpc) is 2.40. The molecule has 4 N–H and O–H groups in total. The molecule has 0 heterocycles. The number of carboxylic acids is 1. The van der Waals surface area contributed by atoms with Crippen LogP contribution < -0.4 is 15.4 Å². The van der Waals surface area contributed by atoms with E-state index in [1.807, 2.05) is 0 Å². The molecule has 7 nitrogen and oxygen atoms in total. The molecule has 0 aliphatic carbocycles. The van der Waals surface area contributed by atoms with Gasteiger partial charge in [-0.1, -0.05) is 0 Å². The lowest BCUT2D eigenvalue weighted by molar-refractivity contribution is -0.139. The number of urea groups is 1. The van der Waals surface area contributed by atoms with Crippen LogP contribution >= 0.6 is 0 Å². The number of halogens is 1. The predicted molar refractivity (Wildman–Crippen MR) is 68.2 cm³/mol. The van der Waals surface area contributed by atoms with Crippen molar-refractivity contribution >= 4 is 17.7 Å². The molecule has 1 aromatic carbocycles. The highest BCUT2D eigenvalue weighted by atomic mass is 19.1. The molecular formula is C12H15FN2O5. The molecular weight excluding hydrogens is 271 g/mol. The van der Waals surface area contributed by atoms with Gasteiger partial charge in [0, 0.05) is 19.1 Å². The summed E-state index contributed by atoms with van der Waals surface area (Å²) in [5, 5.41) is 21.8. The van der Waals surface area contributed by atoms with Gasteiger partial charge in [-0.05, 0) is 12.1 Å². The van der Waals surface area contributed by atoms with E-state index < -0.39 is 30.5 Å². The Bertz CT molecular complexity index is 495. The van der Waals surface area contributed by atoms with Gasteiger partial charge in [0.15, 0.2) is 0 Å². The minimum Gasteiger partial charge on any atom is -0.497 e. The van der Waals surface area contributed by atoms with Gasteiger partial charge in [-0.15, -0.1) is 0 Å². The minimum atomic E-state index is -1.29. The van der Waals surface area contributed by atoms with Crippen molar-refractivity contribution in [3.63, 3.8) is 0 Å². The van der Waals surface area contributed by atoms with Crippen LogP contribution in [-0.4, -0.2) is 42.0 Å². The summed E-state index contributed by atoms with van der Waals surface area (Å²) >= 11 is 0. The normalized spacial score (nSPS) is 11.6. The summed E-state index contributed by atoms with van der Waals surface area (Å²) in [7, 11) is 1.39. The van der Waals surface area contributed by atoms with Crippen molar-refractivity contribution < 1.29 is 28.9 Å². The number of amides is 2. The largest absolute Gasteiger partial charge is 0.497 e. The van der Waals surface area contributed by atoms with Gasteiger partial charge in [0.2, 0.25) is 0 Å². The van der Waals surface area contributed by atoms with Crippen LogP contribution in [0.3, 0.4) is 0 Å². The fourth-order valence-electron chi connectivity index (χ4n) is 1.43. The lowest BCUT2D eigenvalue weighted by Crippen LogP contribution is -2.43. The number of carbonyl (C=O) groups excluding carboxylic acids is 1. The van der Waals surface area contributed by atoms with Crippen LogP contribution in [0, 0.1) is 5.82 Å². The van der Waals surface area contributed by atoms with Gasteiger partial charge in [0.05, 0.1) is 12.8 Å². The van der Waals surface area contributed by atoms with Crippen molar-refractivity contribution in [1.29, 1.82) is 0 Å². The van der Waals surface area contributed by atoms with E-state index in [0.717, 1.165) is 6.07 Å². The molecule has 110 valence electrons. The lowest BCUT2D eigenvalue weighted by atomic mass is 10.2. The van der Waals surface area contributed by atoms with Gasteiger partial charge in [0.1, 0.15) is 17.6 Å². The van der Waals surface area contributed by atoms with Crippen LogP contribution in [0.15, 0.2) is 18.2 Å². The first-order valence-electron chi connectivity index (χ1n) is 5.72. The second-order valence-corrected chi connectivity index (χ2v) is 3.85. The minimum absolute atomic E-state index is 0.144. The van der Waals surface area contributed by atoms with E-state index in [1.165, 1.54) is 19.2 Å². The maximum atomic E-state index is 13.5. The Kier molecular flexibility index (Phi) is 5.73. The van der Waals surface area contributed by atoms with Crippen LogP contribution in [-0.2, 0) is 4.79 Å². The molecule has 0 aliphatic rings. The van der Waals surface area contributed by atoms with Crippen molar-refractivity contribution in [2.24, 2.45) is 0 Å². The molecule has 1 aromatic rings. The SMILES string of the molecule is COc1ccc(F)c(NC(=O)N[C@@H](CCO)C(=O)O)c1. The number of anilines is 1. The van der Waals surface area contributed by atoms with E-state index in [0.29, 0.717) is 5.75 Å². The summed E-state index contributed by atoms with van der Waals surface area (Å²) in [5.41, 5.74) is -0.144. The summed E-state index contributed by atoms with van der Waals surface area (Å²) < 4.78 is 18.3. The molecule has 0 aliphatic heterocycles. The number of methoxy groups -OCH3 is 1. The number of aliphatic hydroxyl groups is 1. The zero-order chi connectivity index (χ0) is 15.1. The van der Waals surface area contributed by atoms with Crippen molar-refractivity contribution in [2.75, 3.05) is 19.0 Å². The Morgan fingerprint density at radius 3 is 2.70 bits per heavy atom. The number of hydrogen-bond donors (Lipinski definition) is 4. The molecule has 0 spiro atoms. The van der Waals surface area contributed by atoms with Crippen LogP contribution in [0.1, 0.15) is 6.42 Å². The summed E-state index contributed by atoms with van der Waals surface area (Å²) in [4.78, 5) is 22.4. The summed E-state index contributed by atoms with van der Waals surface area (Å²) in [5.74, 6) is -1.64. The molecule has 0 bridgehead atoms. The molecule has 8 heteroatoms. The third-order valence-electron chi connectivity index (χ3n) is 2.44. The first-order valence-corrected chi connectivity index (χ1v) is 5.72. The first-order chi connectivity index (χ1) is 9.47. The van der Waals surface area contributed by atoms with Crippen molar-refractivity contribution in [3.05, 3.63) is 24.0 Å². The van der Waals surface area contributed by atoms with E-state index in [2.05, 4.69) is 10.6 Å². The Morgan fingerprint density at radius 2 is 2.15 bits per heavy atom. The quantitative estimate of drug-likeness (QED) is 0.618. The molecule has 0 saturated carbocycles. The number of carboxylic acid groups (broad SMARTS) is 1. The van der Waals surface area contributed by atoms with E-state index in [9.17, 15) is 14.0 Å². The standard InChI is InChI=1S/C12H15FN2O5/c1-20-7-2-3-8(13)10(6-7)15-12(19)14-9(4-5-16)11(17)18/h2-3,6,9,16H,4-5H2,1H3,(H,17,18)(H2,14,15,19)/t9-/m0/s1. The maximum Gasteiger partial charge on any atom is 0.326 e. The van der Waals surface area contributed by atoms with E-state index >= 15 is 0 Å². The fraction of sp³-hybridized carbons (Fsp3) is 0.333. The Balaban J connectivity index is 2.72. The first kappa shape index (κ1) is 15.7. The highest BCUT2D eigenvalue weighted by Gasteiger charge is 2.19. The predicted octanol–water partition coefficient (Wildman–Crippen LogP) is 0.791. The third kappa shape index (κ3) is 4.39. The topological polar surface area (TPSA) is 108 Å². The molecule has 0 aromatic heterocycles. The summed E-state index contributed by atoms with van der Waals surface area (Å²) in [6.45, 7) is -0.398. The van der Waals surface area contributed by atoms with E-state index in [-0.39, 0.29) is 12.1 Å². The fourth-order valence-corrected chi connectivity index (χ4v) is 1.43. The second kappa shape index (κ2) is 7.29. The number of aliphatic carboxylic acids is 1. The van der Waals surface area contributed by atoms with E-state index in [1.54, 1.807) is 0 Å². The van der Waals surface area contributed by atoms with Gasteiger partial charge in [0.25, 0.3) is 0 Å². The average molecular weight is 286 g/mol. The van der Waals surface area contributed by atoms with Crippen molar-refractivity contribution in [1.82, 2.24) is 5.32 Å². The van der Waals surface area contributed by atoms with Crippen molar-refractivity contribution in [3.8, 4) is 5.75 Å². The second-order valence-electron chi connectivity index (χ2n) is 3.85. The third-order valence-corrected chi connectivity index (χ3v) is 2.44. The van der Waals surface area contributed by atoms with Gasteiger partial charge >= 0.3 is 12.0 Å². The molecule has 2 amide bonds. The van der Waals surface area contributed by atoms with Gasteiger partial charge < -0.3 is 25.6 Å². The zero-order valence-corrected chi connectivity index (χ0v) is 10.7. The molecule has 1 atom stereocenters. The van der Waals surface area contributed by atoms with Crippen LogP contribution in [0.25, 0.3) is 0 Å². The molecule has 0 fully saturated rings.